The third kappa shape index (κ3) is 4.06. The monoisotopic (exact) mass is 280 g/mol. The van der Waals surface area contributed by atoms with Crippen molar-refractivity contribution in [2.75, 3.05) is 39.8 Å². The summed E-state index contributed by atoms with van der Waals surface area (Å²) in [4.78, 5) is 16.7. The van der Waals surface area contributed by atoms with E-state index in [1.807, 2.05) is 13.0 Å². The Bertz CT molecular complexity index is 348. The Balaban J connectivity index is 1.80. The van der Waals surface area contributed by atoms with Crippen LogP contribution in [0.1, 0.15) is 39.0 Å². The van der Waals surface area contributed by atoms with Gasteiger partial charge in [0.05, 0.1) is 7.11 Å². The molecule has 4 nitrogen and oxygen atoms in total. The standard InChI is InChI=1S/C16H28N2O2/c1-3-14(16(19)20-2)7-11-17-12-8-15(13-17)18-9-5-4-6-10-18/h7,15H,3-6,8-13H2,1-2H3. The molecule has 0 bridgehead atoms. The fraction of sp³-hybridized carbons (Fsp3) is 0.812. The van der Waals surface area contributed by atoms with Crippen LogP contribution in [-0.4, -0.2) is 61.6 Å². The van der Waals surface area contributed by atoms with Crippen molar-refractivity contribution >= 4 is 5.97 Å². The van der Waals surface area contributed by atoms with Crippen molar-refractivity contribution in [2.24, 2.45) is 0 Å². The van der Waals surface area contributed by atoms with Crippen molar-refractivity contribution in [3.05, 3.63) is 11.6 Å². The number of nitrogens with zero attached hydrogens (tertiary/aromatic N) is 2. The fourth-order valence-corrected chi connectivity index (χ4v) is 3.30. The van der Waals surface area contributed by atoms with Crippen molar-refractivity contribution in [1.29, 1.82) is 0 Å². The van der Waals surface area contributed by atoms with Gasteiger partial charge in [-0.05, 0) is 38.8 Å². The average molecular weight is 280 g/mol. The maximum atomic E-state index is 11.5. The van der Waals surface area contributed by atoms with Crippen molar-refractivity contribution in [3.8, 4) is 0 Å². The molecule has 0 saturated carbocycles. The van der Waals surface area contributed by atoms with Crippen molar-refractivity contribution in [1.82, 2.24) is 9.80 Å². The smallest absolute Gasteiger partial charge is 0.333 e. The Labute approximate surface area is 122 Å². The highest BCUT2D eigenvalue weighted by atomic mass is 16.5. The normalized spacial score (nSPS) is 25.9. The van der Waals surface area contributed by atoms with Crippen LogP contribution < -0.4 is 0 Å². The Morgan fingerprint density at radius 1 is 1.25 bits per heavy atom. The van der Waals surface area contributed by atoms with E-state index in [1.165, 1.54) is 45.9 Å². The van der Waals surface area contributed by atoms with Crippen LogP contribution in [0.4, 0.5) is 0 Å². The van der Waals surface area contributed by atoms with E-state index in [-0.39, 0.29) is 5.97 Å². The predicted molar refractivity (Wildman–Crippen MR) is 80.7 cm³/mol. The number of ether oxygens (including phenoxy) is 1. The summed E-state index contributed by atoms with van der Waals surface area (Å²) in [6.45, 7) is 7.73. The Hall–Kier alpha value is -0.870. The highest BCUT2D eigenvalue weighted by Gasteiger charge is 2.27. The summed E-state index contributed by atoms with van der Waals surface area (Å²) in [7, 11) is 1.45. The lowest BCUT2D eigenvalue weighted by atomic mass is 10.1. The molecule has 114 valence electrons. The van der Waals surface area contributed by atoms with E-state index in [2.05, 4.69) is 9.80 Å². The van der Waals surface area contributed by atoms with E-state index >= 15 is 0 Å². The zero-order chi connectivity index (χ0) is 14.4. The maximum absolute atomic E-state index is 11.5. The van der Waals surface area contributed by atoms with Crippen LogP contribution in [0.5, 0.6) is 0 Å². The average Bonchev–Trinajstić information content (AvgIpc) is 2.97. The van der Waals surface area contributed by atoms with E-state index < -0.39 is 0 Å². The highest BCUT2D eigenvalue weighted by Crippen LogP contribution is 2.20. The highest BCUT2D eigenvalue weighted by molar-refractivity contribution is 5.88. The minimum atomic E-state index is -0.181. The first kappa shape index (κ1) is 15.5. The summed E-state index contributed by atoms with van der Waals surface area (Å²) < 4.78 is 4.80. The SMILES string of the molecule is CCC(=CCN1CCC(N2CCCCC2)C1)C(=O)OC. The lowest BCUT2D eigenvalue weighted by Gasteiger charge is -2.32. The molecule has 0 aromatic heterocycles. The van der Waals surface area contributed by atoms with Crippen LogP contribution in [0.25, 0.3) is 0 Å². The van der Waals surface area contributed by atoms with Gasteiger partial charge in [0.2, 0.25) is 0 Å². The second kappa shape index (κ2) is 7.79. The molecule has 20 heavy (non-hydrogen) atoms. The van der Waals surface area contributed by atoms with Gasteiger partial charge < -0.3 is 4.74 Å². The molecule has 0 aliphatic carbocycles. The van der Waals surface area contributed by atoms with E-state index in [0.29, 0.717) is 0 Å². The van der Waals surface area contributed by atoms with Gasteiger partial charge in [-0.1, -0.05) is 19.4 Å². The van der Waals surface area contributed by atoms with Gasteiger partial charge in [-0.3, -0.25) is 9.80 Å². The number of hydrogen-bond acceptors (Lipinski definition) is 4. The second-order valence-electron chi connectivity index (χ2n) is 5.87. The Morgan fingerprint density at radius 3 is 2.65 bits per heavy atom. The maximum Gasteiger partial charge on any atom is 0.333 e. The molecule has 1 unspecified atom stereocenters. The van der Waals surface area contributed by atoms with Crippen LogP contribution in [-0.2, 0) is 9.53 Å². The number of esters is 1. The van der Waals surface area contributed by atoms with Gasteiger partial charge in [-0.25, -0.2) is 4.79 Å². The molecular formula is C16H28N2O2. The van der Waals surface area contributed by atoms with Crippen molar-refractivity contribution < 1.29 is 9.53 Å². The topological polar surface area (TPSA) is 32.8 Å². The van der Waals surface area contributed by atoms with Gasteiger partial charge in [0.15, 0.2) is 0 Å². The second-order valence-corrected chi connectivity index (χ2v) is 5.87. The molecule has 2 heterocycles. The number of carbonyl (C=O) groups is 1. The first-order valence-electron chi connectivity index (χ1n) is 7.98. The molecule has 0 N–H and O–H groups in total. The van der Waals surface area contributed by atoms with E-state index in [4.69, 9.17) is 4.74 Å². The lowest BCUT2D eigenvalue weighted by Crippen LogP contribution is -2.40. The molecule has 2 aliphatic heterocycles. The molecular weight excluding hydrogens is 252 g/mol. The van der Waals surface area contributed by atoms with Gasteiger partial charge >= 0.3 is 5.97 Å². The van der Waals surface area contributed by atoms with Gasteiger partial charge in [-0.15, -0.1) is 0 Å². The van der Waals surface area contributed by atoms with Gasteiger partial charge in [0.25, 0.3) is 0 Å². The third-order valence-electron chi connectivity index (χ3n) is 4.58. The fourth-order valence-electron chi connectivity index (χ4n) is 3.30. The lowest BCUT2D eigenvalue weighted by molar-refractivity contribution is -0.136. The molecule has 0 spiro atoms. The first-order chi connectivity index (χ1) is 9.74. The van der Waals surface area contributed by atoms with Gasteiger partial charge in [0, 0.05) is 31.2 Å². The zero-order valence-corrected chi connectivity index (χ0v) is 12.9. The molecule has 0 aromatic carbocycles. The van der Waals surface area contributed by atoms with E-state index in [9.17, 15) is 4.79 Å². The summed E-state index contributed by atoms with van der Waals surface area (Å²) in [5.41, 5.74) is 0.800. The van der Waals surface area contributed by atoms with E-state index in [1.54, 1.807) is 0 Å². The summed E-state index contributed by atoms with van der Waals surface area (Å²) >= 11 is 0. The molecule has 2 saturated heterocycles. The quantitative estimate of drug-likeness (QED) is 0.570. The van der Waals surface area contributed by atoms with E-state index in [0.717, 1.165) is 37.7 Å². The molecule has 2 fully saturated rings. The third-order valence-corrected chi connectivity index (χ3v) is 4.58. The van der Waals surface area contributed by atoms with Crippen LogP contribution >= 0.6 is 0 Å². The molecule has 0 amide bonds. The molecule has 0 aromatic rings. The number of piperidine rings is 1. The minimum Gasteiger partial charge on any atom is -0.466 e. The van der Waals surface area contributed by atoms with Gasteiger partial charge in [0.1, 0.15) is 0 Å². The van der Waals surface area contributed by atoms with Crippen LogP contribution in [0.2, 0.25) is 0 Å². The number of likely N-dealkylation sites (tertiary alicyclic amines) is 2. The number of methoxy groups -OCH3 is 1. The summed E-state index contributed by atoms with van der Waals surface area (Å²) in [5.74, 6) is -0.181. The predicted octanol–water partition coefficient (Wildman–Crippen LogP) is 2.06. The van der Waals surface area contributed by atoms with Gasteiger partial charge in [-0.2, -0.15) is 0 Å². The summed E-state index contributed by atoms with van der Waals surface area (Å²) in [6, 6.07) is 0.729. The Morgan fingerprint density at radius 2 is 2.00 bits per heavy atom. The molecule has 4 heteroatoms. The molecule has 2 aliphatic rings. The van der Waals surface area contributed by atoms with Crippen molar-refractivity contribution in [2.45, 2.75) is 45.1 Å². The number of rotatable bonds is 5. The zero-order valence-electron chi connectivity index (χ0n) is 12.9. The largest absolute Gasteiger partial charge is 0.466 e. The number of carbonyl (C=O) groups excluding carboxylic acids is 1. The molecule has 0 radical (unpaired) electrons. The van der Waals surface area contributed by atoms with Crippen molar-refractivity contribution in [3.63, 3.8) is 0 Å². The molecule has 2 rings (SSSR count). The van der Waals surface area contributed by atoms with Crippen LogP contribution in [0.15, 0.2) is 11.6 Å². The Kier molecular flexibility index (Phi) is 6.05. The summed E-state index contributed by atoms with van der Waals surface area (Å²) in [5, 5.41) is 0. The van der Waals surface area contributed by atoms with Crippen LogP contribution in [0, 0.1) is 0 Å². The number of hydrogen-bond donors (Lipinski definition) is 0. The minimum absolute atomic E-state index is 0.181. The molecule has 1 atom stereocenters. The van der Waals surface area contributed by atoms with Crippen LogP contribution in [0.3, 0.4) is 0 Å². The summed E-state index contributed by atoms with van der Waals surface area (Å²) in [6.07, 6.45) is 8.18. The first-order valence-corrected chi connectivity index (χ1v) is 7.98.